The summed E-state index contributed by atoms with van der Waals surface area (Å²) in [5, 5.41) is 5.10. The van der Waals surface area contributed by atoms with Crippen molar-refractivity contribution in [3.63, 3.8) is 0 Å². The molecule has 1 fully saturated rings. The highest BCUT2D eigenvalue weighted by Crippen LogP contribution is 2.31. The molecule has 1 aromatic rings. The van der Waals surface area contributed by atoms with Crippen LogP contribution < -0.4 is 5.32 Å². The van der Waals surface area contributed by atoms with Gasteiger partial charge in [0, 0.05) is 30.3 Å². The Morgan fingerprint density at radius 1 is 1.22 bits per heavy atom. The van der Waals surface area contributed by atoms with Gasteiger partial charge in [-0.15, -0.1) is 0 Å². The van der Waals surface area contributed by atoms with Crippen molar-refractivity contribution in [2.75, 3.05) is 19.8 Å². The smallest absolute Gasteiger partial charge is 0.0652 e. The SMILES string of the molecule is Clc1ccc(Cl)c(CNCC2CCCOC2)c1Cl. The molecule has 0 aromatic heterocycles. The van der Waals surface area contributed by atoms with Gasteiger partial charge in [0.05, 0.1) is 16.7 Å². The van der Waals surface area contributed by atoms with Crippen molar-refractivity contribution in [1.82, 2.24) is 5.32 Å². The first-order valence-corrected chi connectivity index (χ1v) is 7.22. The Kier molecular flexibility index (Phi) is 5.58. The Morgan fingerprint density at radius 3 is 2.72 bits per heavy atom. The molecule has 1 aliphatic rings. The minimum atomic E-state index is 0.538. The Morgan fingerprint density at radius 2 is 2.00 bits per heavy atom. The molecule has 0 amide bonds. The van der Waals surface area contributed by atoms with Crippen molar-refractivity contribution in [1.29, 1.82) is 0 Å². The summed E-state index contributed by atoms with van der Waals surface area (Å²) in [6, 6.07) is 3.49. The zero-order valence-electron chi connectivity index (χ0n) is 10.0. The van der Waals surface area contributed by atoms with Gasteiger partial charge in [-0.2, -0.15) is 0 Å². The molecule has 1 atom stereocenters. The zero-order chi connectivity index (χ0) is 13.0. The molecule has 18 heavy (non-hydrogen) atoms. The maximum Gasteiger partial charge on any atom is 0.0652 e. The van der Waals surface area contributed by atoms with Crippen LogP contribution in [-0.4, -0.2) is 19.8 Å². The van der Waals surface area contributed by atoms with Crippen LogP contribution in [0.2, 0.25) is 15.1 Å². The molecule has 0 bridgehead atoms. The fourth-order valence-electron chi connectivity index (χ4n) is 2.10. The maximum atomic E-state index is 6.14. The van der Waals surface area contributed by atoms with Crippen molar-refractivity contribution in [3.8, 4) is 0 Å². The molecule has 0 aliphatic carbocycles. The number of halogens is 3. The third kappa shape index (κ3) is 3.75. The lowest BCUT2D eigenvalue weighted by molar-refractivity contribution is 0.0547. The standard InChI is InChI=1S/C13H16Cl3NO/c14-11-3-4-12(15)13(16)10(11)7-17-6-9-2-1-5-18-8-9/h3-4,9,17H,1-2,5-8H2. The predicted molar refractivity (Wildman–Crippen MR) is 76.7 cm³/mol. The van der Waals surface area contributed by atoms with Crippen LogP contribution in [0.1, 0.15) is 18.4 Å². The van der Waals surface area contributed by atoms with Crippen molar-refractivity contribution < 1.29 is 4.74 Å². The first kappa shape index (κ1) is 14.4. The topological polar surface area (TPSA) is 21.3 Å². The number of ether oxygens (including phenoxy) is 1. The van der Waals surface area contributed by atoms with E-state index in [1.54, 1.807) is 12.1 Å². The molecule has 1 heterocycles. The van der Waals surface area contributed by atoms with Crippen LogP contribution in [0.25, 0.3) is 0 Å². The summed E-state index contributed by atoms with van der Waals surface area (Å²) in [7, 11) is 0. The lowest BCUT2D eigenvalue weighted by Gasteiger charge is -2.22. The van der Waals surface area contributed by atoms with E-state index in [-0.39, 0.29) is 0 Å². The van der Waals surface area contributed by atoms with Gasteiger partial charge in [-0.1, -0.05) is 34.8 Å². The Labute approximate surface area is 123 Å². The highest BCUT2D eigenvalue weighted by Gasteiger charge is 2.14. The van der Waals surface area contributed by atoms with Gasteiger partial charge in [0.1, 0.15) is 0 Å². The minimum absolute atomic E-state index is 0.538. The molecule has 0 radical (unpaired) electrons. The van der Waals surface area contributed by atoms with E-state index < -0.39 is 0 Å². The highest BCUT2D eigenvalue weighted by atomic mass is 35.5. The average molecular weight is 309 g/mol. The summed E-state index contributed by atoms with van der Waals surface area (Å²) < 4.78 is 5.44. The molecule has 1 saturated heterocycles. The first-order valence-electron chi connectivity index (χ1n) is 6.09. The molecule has 1 unspecified atom stereocenters. The molecule has 5 heteroatoms. The van der Waals surface area contributed by atoms with Crippen molar-refractivity contribution in [2.24, 2.45) is 5.92 Å². The molecule has 2 nitrogen and oxygen atoms in total. The second-order valence-electron chi connectivity index (χ2n) is 4.54. The predicted octanol–water partition coefficient (Wildman–Crippen LogP) is 4.16. The van der Waals surface area contributed by atoms with Crippen LogP contribution in [0, 0.1) is 5.92 Å². The van der Waals surface area contributed by atoms with E-state index in [9.17, 15) is 0 Å². The van der Waals surface area contributed by atoms with E-state index in [2.05, 4.69) is 5.32 Å². The first-order chi connectivity index (χ1) is 8.68. The maximum absolute atomic E-state index is 6.14. The summed E-state index contributed by atoms with van der Waals surface area (Å²) in [6.45, 7) is 3.28. The van der Waals surface area contributed by atoms with Gasteiger partial charge in [0.25, 0.3) is 0 Å². The van der Waals surface area contributed by atoms with Gasteiger partial charge in [-0.05, 0) is 30.9 Å². The highest BCUT2D eigenvalue weighted by molar-refractivity contribution is 6.44. The number of rotatable bonds is 4. The van der Waals surface area contributed by atoms with Gasteiger partial charge in [-0.25, -0.2) is 0 Å². The molecule has 1 N–H and O–H groups in total. The van der Waals surface area contributed by atoms with Crippen molar-refractivity contribution in [3.05, 3.63) is 32.8 Å². The molecule has 100 valence electrons. The molecule has 2 rings (SSSR count). The van der Waals surface area contributed by atoms with E-state index in [1.165, 1.54) is 6.42 Å². The van der Waals surface area contributed by atoms with Gasteiger partial charge >= 0.3 is 0 Å². The number of benzene rings is 1. The van der Waals surface area contributed by atoms with Crippen LogP contribution in [0.3, 0.4) is 0 Å². The normalized spacial score (nSPS) is 20.1. The van der Waals surface area contributed by atoms with E-state index in [0.29, 0.717) is 27.5 Å². The monoisotopic (exact) mass is 307 g/mol. The van der Waals surface area contributed by atoms with Crippen LogP contribution in [0.15, 0.2) is 12.1 Å². The molecular weight excluding hydrogens is 293 g/mol. The molecule has 0 spiro atoms. The van der Waals surface area contributed by atoms with E-state index in [1.807, 2.05) is 0 Å². The van der Waals surface area contributed by atoms with Gasteiger partial charge in [0.15, 0.2) is 0 Å². The lowest BCUT2D eigenvalue weighted by Crippen LogP contribution is -2.29. The number of nitrogens with one attached hydrogen (secondary N) is 1. The number of hydrogen-bond donors (Lipinski definition) is 1. The molecular formula is C13H16Cl3NO. The second kappa shape index (κ2) is 6.97. The lowest BCUT2D eigenvalue weighted by atomic mass is 10.0. The van der Waals surface area contributed by atoms with Crippen molar-refractivity contribution in [2.45, 2.75) is 19.4 Å². The van der Waals surface area contributed by atoms with E-state index >= 15 is 0 Å². The Bertz CT molecular complexity index is 405. The third-order valence-corrected chi connectivity index (χ3v) is 4.33. The summed E-state index contributed by atoms with van der Waals surface area (Å²) in [5.74, 6) is 0.579. The average Bonchev–Trinajstić information content (AvgIpc) is 2.39. The third-order valence-electron chi connectivity index (χ3n) is 3.13. The zero-order valence-corrected chi connectivity index (χ0v) is 12.3. The molecule has 1 aromatic carbocycles. The van der Waals surface area contributed by atoms with Crippen LogP contribution >= 0.6 is 34.8 Å². The fourth-order valence-corrected chi connectivity index (χ4v) is 2.78. The van der Waals surface area contributed by atoms with Crippen LogP contribution in [0.5, 0.6) is 0 Å². The summed E-state index contributed by atoms with van der Waals surface area (Å²) in [5.41, 5.74) is 0.863. The van der Waals surface area contributed by atoms with E-state index in [0.717, 1.165) is 31.7 Å². The van der Waals surface area contributed by atoms with Gasteiger partial charge in [-0.3, -0.25) is 0 Å². The summed E-state index contributed by atoms with van der Waals surface area (Å²) in [4.78, 5) is 0. The van der Waals surface area contributed by atoms with Gasteiger partial charge in [0.2, 0.25) is 0 Å². The largest absolute Gasteiger partial charge is 0.381 e. The Hall–Kier alpha value is 0.01000. The summed E-state index contributed by atoms with van der Waals surface area (Å²) >= 11 is 18.2. The fraction of sp³-hybridized carbons (Fsp3) is 0.538. The van der Waals surface area contributed by atoms with E-state index in [4.69, 9.17) is 39.5 Å². The van der Waals surface area contributed by atoms with Gasteiger partial charge < -0.3 is 10.1 Å². The van der Waals surface area contributed by atoms with Crippen LogP contribution in [-0.2, 0) is 11.3 Å². The molecule has 1 aliphatic heterocycles. The Balaban J connectivity index is 1.88. The van der Waals surface area contributed by atoms with Crippen LogP contribution in [0.4, 0.5) is 0 Å². The summed E-state index contributed by atoms with van der Waals surface area (Å²) in [6.07, 6.45) is 2.36. The number of hydrogen-bond acceptors (Lipinski definition) is 2. The minimum Gasteiger partial charge on any atom is -0.381 e. The van der Waals surface area contributed by atoms with Crippen molar-refractivity contribution >= 4 is 34.8 Å². The second-order valence-corrected chi connectivity index (χ2v) is 5.73. The molecule has 0 saturated carbocycles. The quantitative estimate of drug-likeness (QED) is 0.843.